The molecule has 6 heteroatoms. The van der Waals surface area contributed by atoms with Gasteiger partial charge in [0.25, 0.3) is 0 Å². The molecule has 0 fully saturated rings. The van der Waals surface area contributed by atoms with Crippen LogP contribution in [0.2, 0.25) is 0 Å². The van der Waals surface area contributed by atoms with Crippen LogP contribution in [0, 0.1) is 5.82 Å². The van der Waals surface area contributed by atoms with Crippen molar-refractivity contribution in [2.75, 3.05) is 12.3 Å². The summed E-state index contributed by atoms with van der Waals surface area (Å²) in [5.41, 5.74) is 5.44. The van der Waals surface area contributed by atoms with Crippen molar-refractivity contribution in [2.45, 2.75) is 32.8 Å². The molecule has 0 spiro atoms. The van der Waals surface area contributed by atoms with Gasteiger partial charge in [-0.25, -0.2) is 14.0 Å². The van der Waals surface area contributed by atoms with Gasteiger partial charge in [0, 0.05) is 5.69 Å². The van der Waals surface area contributed by atoms with Crippen LogP contribution in [-0.4, -0.2) is 24.6 Å². The molecule has 0 saturated carbocycles. The van der Waals surface area contributed by atoms with Gasteiger partial charge in [-0.1, -0.05) is 13.3 Å². The number of anilines is 1. The number of nitrogens with two attached hydrogens (primary N) is 1. The van der Waals surface area contributed by atoms with Crippen LogP contribution in [0.4, 0.5) is 10.1 Å². The van der Waals surface area contributed by atoms with Crippen molar-refractivity contribution < 1.29 is 23.5 Å². The Kier molecular flexibility index (Phi) is 5.96. The lowest BCUT2D eigenvalue weighted by Gasteiger charge is -2.16. The molecule has 20 heavy (non-hydrogen) atoms. The molecular formula is C14H18FNO4. The van der Waals surface area contributed by atoms with Gasteiger partial charge >= 0.3 is 11.9 Å². The maximum absolute atomic E-state index is 13.5. The van der Waals surface area contributed by atoms with Crippen LogP contribution in [0.3, 0.4) is 0 Å². The van der Waals surface area contributed by atoms with Gasteiger partial charge in [0.15, 0.2) is 6.10 Å². The summed E-state index contributed by atoms with van der Waals surface area (Å²) in [7, 11) is 0. The highest BCUT2D eigenvalue weighted by atomic mass is 19.1. The Balaban J connectivity index is 2.84. The molecule has 5 nitrogen and oxygen atoms in total. The maximum atomic E-state index is 13.5. The lowest BCUT2D eigenvalue weighted by molar-refractivity contribution is -0.153. The molecule has 0 aliphatic heterocycles. The fourth-order valence-electron chi connectivity index (χ4n) is 1.61. The normalized spacial score (nSPS) is 11.8. The van der Waals surface area contributed by atoms with Gasteiger partial charge in [-0.2, -0.15) is 0 Å². The van der Waals surface area contributed by atoms with E-state index < -0.39 is 23.9 Å². The number of halogens is 1. The van der Waals surface area contributed by atoms with Crippen LogP contribution in [-0.2, 0) is 14.3 Å². The first-order chi connectivity index (χ1) is 9.49. The molecule has 0 aromatic heterocycles. The SMILES string of the molecule is CCCC(OC(=O)c1cc(N)ccc1F)C(=O)OCC. The summed E-state index contributed by atoms with van der Waals surface area (Å²) in [4.78, 5) is 23.5. The second-order valence-corrected chi connectivity index (χ2v) is 4.17. The number of carbonyl (C=O) groups excluding carboxylic acids is 2. The highest BCUT2D eigenvalue weighted by Crippen LogP contribution is 2.15. The predicted octanol–water partition coefficient (Wildman–Crippen LogP) is 2.30. The maximum Gasteiger partial charge on any atom is 0.347 e. The Labute approximate surface area is 116 Å². The fourth-order valence-corrected chi connectivity index (χ4v) is 1.61. The highest BCUT2D eigenvalue weighted by Gasteiger charge is 2.25. The van der Waals surface area contributed by atoms with E-state index in [9.17, 15) is 14.0 Å². The van der Waals surface area contributed by atoms with Crippen molar-refractivity contribution in [3.8, 4) is 0 Å². The van der Waals surface area contributed by atoms with E-state index in [1.54, 1.807) is 6.92 Å². The molecule has 2 N–H and O–H groups in total. The van der Waals surface area contributed by atoms with E-state index in [0.29, 0.717) is 12.8 Å². The zero-order valence-electron chi connectivity index (χ0n) is 11.5. The highest BCUT2D eigenvalue weighted by molar-refractivity contribution is 5.92. The summed E-state index contributed by atoms with van der Waals surface area (Å²) in [6, 6.07) is 3.58. The smallest absolute Gasteiger partial charge is 0.347 e. The number of ether oxygens (including phenoxy) is 2. The molecule has 0 radical (unpaired) electrons. The molecule has 1 unspecified atom stereocenters. The number of hydrogen-bond donors (Lipinski definition) is 1. The van der Waals surface area contributed by atoms with E-state index in [2.05, 4.69) is 0 Å². The zero-order chi connectivity index (χ0) is 15.1. The third-order valence-corrected chi connectivity index (χ3v) is 2.56. The van der Waals surface area contributed by atoms with E-state index in [1.165, 1.54) is 12.1 Å². The van der Waals surface area contributed by atoms with Crippen LogP contribution in [0.5, 0.6) is 0 Å². The summed E-state index contributed by atoms with van der Waals surface area (Å²) in [6.45, 7) is 3.67. The summed E-state index contributed by atoms with van der Waals surface area (Å²) in [6.07, 6.45) is -0.0988. The zero-order valence-corrected chi connectivity index (χ0v) is 11.5. The number of hydrogen-bond acceptors (Lipinski definition) is 5. The first-order valence-corrected chi connectivity index (χ1v) is 6.42. The van der Waals surface area contributed by atoms with Crippen molar-refractivity contribution in [2.24, 2.45) is 0 Å². The van der Waals surface area contributed by atoms with Crippen molar-refractivity contribution in [3.05, 3.63) is 29.6 Å². The van der Waals surface area contributed by atoms with Gasteiger partial charge < -0.3 is 15.2 Å². The molecule has 0 aliphatic rings. The number of benzene rings is 1. The van der Waals surface area contributed by atoms with E-state index in [0.717, 1.165) is 6.07 Å². The average Bonchev–Trinajstić information content (AvgIpc) is 2.41. The van der Waals surface area contributed by atoms with Crippen molar-refractivity contribution in [1.82, 2.24) is 0 Å². The molecule has 0 saturated heterocycles. The molecule has 0 bridgehead atoms. The second-order valence-electron chi connectivity index (χ2n) is 4.17. The minimum atomic E-state index is -1.03. The summed E-state index contributed by atoms with van der Waals surface area (Å²) < 4.78 is 23.4. The Morgan fingerprint density at radius 2 is 2.05 bits per heavy atom. The van der Waals surface area contributed by atoms with Crippen molar-refractivity contribution in [1.29, 1.82) is 0 Å². The molecule has 1 atom stereocenters. The largest absolute Gasteiger partial charge is 0.463 e. The second kappa shape index (κ2) is 7.47. The van der Waals surface area contributed by atoms with Crippen molar-refractivity contribution in [3.63, 3.8) is 0 Å². The van der Waals surface area contributed by atoms with Gasteiger partial charge in [0.05, 0.1) is 12.2 Å². The van der Waals surface area contributed by atoms with Crippen molar-refractivity contribution >= 4 is 17.6 Å². The van der Waals surface area contributed by atoms with Gasteiger partial charge in [-0.05, 0) is 31.5 Å². The van der Waals surface area contributed by atoms with Crippen LogP contribution in [0.1, 0.15) is 37.0 Å². The first-order valence-electron chi connectivity index (χ1n) is 6.42. The van der Waals surface area contributed by atoms with Gasteiger partial charge in [0.2, 0.25) is 0 Å². The number of nitrogen functional groups attached to an aromatic ring is 1. The minimum absolute atomic E-state index is 0.184. The third kappa shape index (κ3) is 4.22. The number of rotatable bonds is 6. The van der Waals surface area contributed by atoms with Crippen LogP contribution >= 0.6 is 0 Å². The average molecular weight is 283 g/mol. The lowest BCUT2D eigenvalue weighted by atomic mass is 10.1. The predicted molar refractivity (Wildman–Crippen MR) is 71.6 cm³/mol. The van der Waals surface area contributed by atoms with Crippen LogP contribution in [0.25, 0.3) is 0 Å². The Hall–Kier alpha value is -2.11. The summed E-state index contributed by atoms with van der Waals surface area (Å²) >= 11 is 0. The molecule has 0 aliphatic carbocycles. The Bertz CT molecular complexity index is 490. The minimum Gasteiger partial charge on any atom is -0.463 e. The molecule has 0 heterocycles. The molecule has 110 valence electrons. The van der Waals surface area contributed by atoms with E-state index in [4.69, 9.17) is 15.2 Å². The number of esters is 2. The molecule has 1 rings (SSSR count). The topological polar surface area (TPSA) is 78.6 Å². The molecule has 0 amide bonds. The Morgan fingerprint density at radius 3 is 2.65 bits per heavy atom. The third-order valence-electron chi connectivity index (χ3n) is 2.56. The quantitative estimate of drug-likeness (QED) is 0.640. The standard InChI is InChI=1S/C14H18FNO4/c1-3-5-12(14(18)19-4-2)20-13(17)10-8-9(16)6-7-11(10)15/h6-8,12H,3-5,16H2,1-2H3. The van der Waals surface area contributed by atoms with Crippen LogP contribution in [0.15, 0.2) is 18.2 Å². The van der Waals surface area contributed by atoms with Gasteiger partial charge in [-0.3, -0.25) is 0 Å². The van der Waals surface area contributed by atoms with Crippen LogP contribution < -0.4 is 5.73 Å². The monoisotopic (exact) mass is 283 g/mol. The Morgan fingerprint density at radius 1 is 1.35 bits per heavy atom. The summed E-state index contributed by atoms with van der Waals surface area (Å²) in [5.74, 6) is -2.31. The van der Waals surface area contributed by atoms with E-state index >= 15 is 0 Å². The first kappa shape index (κ1) is 15.9. The summed E-state index contributed by atoms with van der Waals surface area (Å²) in [5, 5.41) is 0. The van der Waals surface area contributed by atoms with Gasteiger partial charge in [-0.15, -0.1) is 0 Å². The molecular weight excluding hydrogens is 265 g/mol. The van der Waals surface area contributed by atoms with E-state index in [1.807, 2.05) is 6.92 Å². The fraction of sp³-hybridized carbons (Fsp3) is 0.429. The molecule has 1 aromatic rings. The van der Waals surface area contributed by atoms with Gasteiger partial charge in [0.1, 0.15) is 5.82 Å². The van der Waals surface area contributed by atoms with E-state index in [-0.39, 0.29) is 17.9 Å². The lowest BCUT2D eigenvalue weighted by Crippen LogP contribution is -2.29. The molecule has 1 aromatic carbocycles. The number of carbonyl (C=O) groups is 2.